The summed E-state index contributed by atoms with van der Waals surface area (Å²) in [6, 6.07) is 84.2. The number of hydrogen-bond acceptors (Lipinski definition) is 4. The zero-order chi connectivity index (χ0) is 50.5. The average molecular weight is 953 g/mol. The molecule has 12 aromatic rings. The molecule has 4 nitrogen and oxygen atoms in total. The van der Waals surface area contributed by atoms with E-state index in [4.69, 9.17) is 0 Å². The lowest BCUT2D eigenvalue weighted by Gasteiger charge is -2.31. The summed E-state index contributed by atoms with van der Waals surface area (Å²) in [5.74, 6) is -0.0234. The van der Waals surface area contributed by atoms with Crippen LogP contribution in [0, 0.1) is 27.7 Å². The number of ketones is 2. The van der Waals surface area contributed by atoms with Gasteiger partial charge in [-0.25, -0.2) is 0 Å². The maximum absolute atomic E-state index is 13.8. The van der Waals surface area contributed by atoms with Crippen molar-refractivity contribution in [1.82, 2.24) is 0 Å². The molecule has 0 saturated heterocycles. The highest BCUT2D eigenvalue weighted by Crippen LogP contribution is 2.52. The van der Waals surface area contributed by atoms with Crippen LogP contribution in [0.15, 0.2) is 243 Å². The maximum atomic E-state index is 13.8. The molecule has 0 N–H and O–H groups in total. The van der Waals surface area contributed by atoms with Gasteiger partial charge in [-0.3, -0.25) is 9.59 Å². The van der Waals surface area contributed by atoms with Crippen molar-refractivity contribution in [3.8, 4) is 22.3 Å². The van der Waals surface area contributed by atoms with Crippen molar-refractivity contribution >= 4 is 78.0 Å². The molecule has 0 atom stereocenters. The molecule has 12 rings (SSSR count). The lowest BCUT2D eigenvalue weighted by molar-refractivity contribution is 0.103. The predicted molar refractivity (Wildman–Crippen MR) is 309 cm³/mol. The second-order valence-electron chi connectivity index (χ2n) is 19.5. The first-order valence-electron chi connectivity index (χ1n) is 25.2. The van der Waals surface area contributed by atoms with E-state index in [0.29, 0.717) is 22.3 Å². The number of anilines is 6. The van der Waals surface area contributed by atoms with Crippen LogP contribution in [0.1, 0.15) is 54.1 Å². The molecular formula is C70H52N2O2. The fourth-order valence-electron chi connectivity index (χ4n) is 10.5. The number of carbonyl (C=O) groups is 2. The Morgan fingerprint density at radius 1 is 0.284 bits per heavy atom. The van der Waals surface area contributed by atoms with Gasteiger partial charge in [-0.05, 0) is 121 Å². The van der Waals surface area contributed by atoms with E-state index in [9.17, 15) is 9.59 Å². The van der Waals surface area contributed by atoms with Crippen LogP contribution < -0.4 is 9.80 Å². The molecule has 0 bridgehead atoms. The number of aryl methyl sites for hydroxylation is 4. The highest BCUT2D eigenvalue weighted by Gasteiger charge is 2.26. The lowest BCUT2D eigenvalue weighted by Crippen LogP contribution is -2.12. The maximum Gasteiger partial charge on any atom is 0.193 e. The smallest absolute Gasteiger partial charge is 0.193 e. The number of rotatable bonds is 12. The SMILES string of the molecule is Cc1ccc(N(c2ccc(C)cc2)c2cc(-c3ccc(C(=O)c4ccccc4)cc3)c3ccc4c(N(c5ccc(C)cc5)c5ccc(C)cc5)cc(-c5ccc(C(=O)c6ccccc6)cc5)c5ccc2c3c54)cc1. The van der Waals surface area contributed by atoms with Gasteiger partial charge in [0.15, 0.2) is 11.6 Å². The number of nitrogens with zero attached hydrogens (tertiary/aromatic N) is 2. The zero-order valence-corrected chi connectivity index (χ0v) is 41.8. The van der Waals surface area contributed by atoms with Crippen molar-refractivity contribution < 1.29 is 9.59 Å². The van der Waals surface area contributed by atoms with Gasteiger partial charge in [-0.15, -0.1) is 0 Å². The second kappa shape index (κ2) is 19.0. The molecule has 0 aliphatic heterocycles. The van der Waals surface area contributed by atoms with Crippen molar-refractivity contribution in [3.63, 3.8) is 0 Å². The minimum atomic E-state index is -0.0117. The van der Waals surface area contributed by atoms with E-state index in [1.54, 1.807) is 0 Å². The van der Waals surface area contributed by atoms with Crippen LogP contribution in [0.4, 0.5) is 34.1 Å². The van der Waals surface area contributed by atoms with Gasteiger partial charge in [0.1, 0.15) is 0 Å². The van der Waals surface area contributed by atoms with Crippen molar-refractivity contribution in [1.29, 1.82) is 0 Å². The fourth-order valence-corrected chi connectivity index (χ4v) is 10.5. The van der Waals surface area contributed by atoms with E-state index in [2.05, 4.69) is 195 Å². The third kappa shape index (κ3) is 8.36. The molecule has 0 aliphatic rings. The van der Waals surface area contributed by atoms with Crippen molar-refractivity contribution in [2.24, 2.45) is 0 Å². The molecule has 74 heavy (non-hydrogen) atoms. The first-order valence-corrected chi connectivity index (χ1v) is 25.2. The van der Waals surface area contributed by atoms with Crippen LogP contribution in [0.2, 0.25) is 0 Å². The van der Waals surface area contributed by atoms with Crippen LogP contribution in [0.3, 0.4) is 0 Å². The Hall–Kier alpha value is -9.38. The molecule has 4 heteroatoms. The Balaban J connectivity index is 1.18. The molecule has 0 radical (unpaired) electrons. The van der Waals surface area contributed by atoms with Crippen LogP contribution in [-0.4, -0.2) is 11.6 Å². The van der Waals surface area contributed by atoms with Gasteiger partial charge < -0.3 is 9.80 Å². The summed E-state index contributed by atoms with van der Waals surface area (Å²) < 4.78 is 0. The van der Waals surface area contributed by atoms with E-state index in [-0.39, 0.29) is 11.6 Å². The molecule has 0 heterocycles. The second-order valence-corrected chi connectivity index (χ2v) is 19.5. The fraction of sp³-hybridized carbons (Fsp3) is 0.0571. The quantitative estimate of drug-likeness (QED) is 0.0904. The monoisotopic (exact) mass is 952 g/mol. The molecule has 0 fully saturated rings. The standard InChI is InChI=1S/C70H52N2O2/c1-45-15-31-55(32-16-45)71(56-33-17-46(2)18-34-56)65-43-63(49-23-27-53(28-24-49)69(73)51-11-7-5-8-12-51)59-40-42-62-66(72(57-35-19-47(3)20-36-57)58-37-21-48(4)22-38-58)44-64(60-39-41-61(65)67(59)68(60)62)50-25-29-54(30-26-50)70(74)52-13-9-6-10-14-52/h5-44H,1-4H3. The van der Waals surface area contributed by atoms with E-state index in [1.807, 2.05) is 84.9 Å². The molecule has 0 unspecified atom stereocenters. The Bertz CT molecular complexity index is 3660. The molecule has 12 aromatic carbocycles. The van der Waals surface area contributed by atoms with E-state index in [0.717, 1.165) is 88.7 Å². The molecule has 0 aromatic heterocycles. The Morgan fingerprint density at radius 3 is 0.851 bits per heavy atom. The molecule has 0 saturated carbocycles. The average Bonchev–Trinajstić information content (AvgIpc) is 3.45. The third-order valence-electron chi connectivity index (χ3n) is 14.5. The van der Waals surface area contributed by atoms with E-state index in [1.165, 1.54) is 22.3 Å². The normalized spacial score (nSPS) is 11.4. The summed E-state index contributed by atoms with van der Waals surface area (Å²) in [6.45, 7) is 8.50. The van der Waals surface area contributed by atoms with Gasteiger partial charge in [0, 0.05) is 66.5 Å². The Morgan fingerprint density at radius 2 is 0.554 bits per heavy atom. The van der Waals surface area contributed by atoms with Gasteiger partial charge in [0.05, 0.1) is 11.4 Å². The molecule has 0 aliphatic carbocycles. The van der Waals surface area contributed by atoms with Crippen LogP contribution in [-0.2, 0) is 0 Å². The highest BCUT2D eigenvalue weighted by molar-refractivity contribution is 6.32. The van der Waals surface area contributed by atoms with E-state index < -0.39 is 0 Å². The van der Waals surface area contributed by atoms with Gasteiger partial charge in [0.2, 0.25) is 0 Å². The zero-order valence-electron chi connectivity index (χ0n) is 41.8. The van der Waals surface area contributed by atoms with Gasteiger partial charge in [-0.2, -0.15) is 0 Å². The summed E-state index contributed by atoms with van der Waals surface area (Å²) in [5.41, 5.74) is 17.7. The lowest BCUT2D eigenvalue weighted by atomic mass is 9.85. The van der Waals surface area contributed by atoms with Gasteiger partial charge in [-0.1, -0.05) is 204 Å². The number of carbonyl (C=O) groups excluding carboxylic acids is 2. The third-order valence-corrected chi connectivity index (χ3v) is 14.5. The topological polar surface area (TPSA) is 40.6 Å². The van der Waals surface area contributed by atoms with Gasteiger partial charge in [0.25, 0.3) is 0 Å². The molecule has 0 spiro atoms. The highest BCUT2D eigenvalue weighted by atomic mass is 16.1. The van der Waals surface area contributed by atoms with Crippen molar-refractivity contribution in [2.75, 3.05) is 9.80 Å². The largest absolute Gasteiger partial charge is 0.310 e. The molecule has 0 amide bonds. The number of benzene rings is 12. The summed E-state index contributed by atoms with van der Waals surface area (Å²) in [5, 5.41) is 6.66. The molecule has 354 valence electrons. The van der Waals surface area contributed by atoms with Crippen molar-refractivity contribution in [2.45, 2.75) is 27.7 Å². The predicted octanol–water partition coefficient (Wildman–Crippen LogP) is 18.6. The minimum absolute atomic E-state index is 0.0117. The summed E-state index contributed by atoms with van der Waals surface area (Å²) in [6.07, 6.45) is 0. The first-order chi connectivity index (χ1) is 36.2. The van der Waals surface area contributed by atoms with Crippen LogP contribution in [0.25, 0.3) is 54.6 Å². The Labute approximate surface area is 432 Å². The minimum Gasteiger partial charge on any atom is -0.310 e. The summed E-state index contributed by atoms with van der Waals surface area (Å²) in [4.78, 5) is 32.4. The molecular weight excluding hydrogens is 901 g/mol. The summed E-state index contributed by atoms with van der Waals surface area (Å²) >= 11 is 0. The van der Waals surface area contributed by atoms with Gasteiger partial charge >= 0.3 is 0 Å². The summed E-state index contributed by atoms with van der Waals surface area (Å²) in [7, 11) is 0. The van der Waals surface area contributed by atoms with Crippen molar-refractivity contribution in [3.05, 3.63) is 287 Å². The number of hydrogen-bond donors (Lipinski definition) is 0. The van der Waals surface area contributed by atoms with E-state index >= 15 is 0 Å². The first kappa shape index (κ1) is 45.7. The van der Waals surface area contributed by atoms with Crippen LogP contribution in [0.5, 0.6) is 0 Å². The van der Waals surface area contributed by atoms with Crippen LogP contribution >= 0.6 is 0 Å². The Kier molecular flexibility index (Phi) is 11.7.